The van der Waals surface area contributed by atoms with Gasteiger partial charge in [-0.25, -0.2) is 4.98 Å². The van der Waals surface area contributed by atoms with Crippen LogP contribution in [0.4, 0.5) is 0 Å². The maximum absolute atomic E-state index is 11.9. The van der Waals surface area contributed by atoms with Gasteiger partial charge >= 0.3 is 0 Å². The van der Waals surface area contributed by atoms with Crippen molar-refractivity contribution in [2.75, 3.05) is 14.1 Å². The summed E-state index contributed by atoms with van der Waals surface area (Å²) in [6.45, 7) is 0. The molecule has 6 heteroatoms. The number of aromatic nitrogens is 1. The molecule has 1 heterocycles. The van der Waals surface area contributed by atoms with E-state index in [1.165, 1.54) is 17.2 Å². The minimum atomic E-state index is -0.724. The average Bonchev–Trinajstić information content (AvgIpc) is 3.11. The number of hydrogen-bond donors (Lipinski definition) is 1. The van der Waals surface area contributed by atoms with Gasteiger partial charge in [0.1, 0.15) is 11.4 Å². The molecule has 0 saturated heterocycles. The second-order valence-corrected chi connectivity index (χ2v) is 4.45. The molecule has 2 N–H and O–H groups in total. The first-order chi connectivity index (χ1) is 8.49. The molecule has 2 amide bonds. The molecule has 1 aromatic rings. The number of primary amides is 1. The number of amides is 2. The summed E-state index contributed by atoms with van der Waals surface area (Å²) in [6, 6.07) is 1.52. The Morgan fingerprint density at radius 1 is 1.44 bits per heavy atom. The Kier molecular flexibility index (Phi) is 3.18. The molecule has 0 atom stereocenters. The quantitative estimate of drug-likeness (QED) is 0.838. The van der Waals surface area contributed by atoms with E-state index in [0.717, 1.165) is 12.8 Å². The number of ether oxygens (including phenoxy) is 1. The zero-order chi connectivity index (χ0) is 13.3. The van der Waals surface area contributed by atoms with E-state index in [1.807, 2.05) is 0 Å². The van der Waals surface area contributed by atoms with Crippen LogP contribution in [0, 0.1) is 0 Å². The summed E-state index contributed by atoms with van der Waals surface area (Å²) >= 11 is 0. The predicted molar refractivity (Wildman–Crippen MR) is 64.4 cm³/mol. The molecule has 1 fully saturated rings. The van der Waals surface area contributed by atoms with Crippen molar-refractivity contribution in [2.45, 2.75) is 18.9 Å². The first-order valence-electron chi connectivity index (χ1n) is 5.67. The van der Waals surface area contributed by atoms with Crippen LogP contribution in [-0.4, -0.2) is 41.9 Å². The second kappa shape index (κ2) is 4.64. The Morgan fingerprint density at radius 2 is 2.11 bits per heavy atom. The molecule has 0 spiro atoms. The lowest BCUT2D eigenvalue weighted by Gasteiger charge is -2.13. The summed E-state index contributed by atoms with van der Waals surface area (Å²) in [7, 11) is 3.20. The van der Waals surface area contributed by atoms with Gasteiger partial charge in [-0.15, -0.1) is 0 Å². The summed E-state index contributed by atoms with van der Waals surface area (Å²) in [5.41, 5.74) is 5.34. The van der Waals surface area contributed by atoms with Crippen molar-refractivity contribution in [3.05, 3.63) is 23.5 Å². The van der Waals surface area contributed by atoms with Crippen molar-refractivity contribution in [3.8, 4) is 5.75 Å². The first-order valence-corrected chi connectivity index (χ1v) is 5.67. The molecule has 6 nitrogen and oxygen atoms in total. The highest BCUT2D eigenvalue weighted by Crippen LogP contribution is 2.27. The molecule has 1 aliphatic rings. The maximum Gasteiger partial charge on any atom is 0.268 e. The van der Waals surface area contributed by atoms with Gasteiger partial charge in [-0.3, -0.25) is 9.59 Å². The molecule has 1 saturated carbocycles. The normalized spacial score (nSPS) is 14.1. The average molecular weight is 249 g/mol. The van der Waals surface area contributed by atoms with Gasteiger partial charge in [-0.2, -0.15) is 0 Å². The number of hydrogen-bond acceptors (Lipinski definition) is 4. The highest BCUT2D eigenvalue weighted by atomic mass is 16.5. The van der Waals surface area contributed by atoms with Crippen LogP contribution in [0.15, 0.2) is 12.3 Å². The van der Waals surface area contributed by atoms with Crippen LogP contribution in [0.25, 0.3) is 0 Å². The molecule has 0 radical (unpaired) electrons. The second-order valence-electron chi connectivity index (χ2n) is 4.45. The van der Waals surface area contributed by atoms with Crippen molar-refractivity contribution in [1.29, 1.82) is 0 Å². The first kappa shape index (κ1) is 12.3. The van der Waals surface area contributed by atoms with Gasteiger partial charge in [0.2, 0.25) is 0 Å². The summed E-state index contributed by atoms with van der Waals surface area (Å²) in [4.78, 5) is 28.5. The Hall–Kier alpha value is -2.11. The minimum absolute atomic E-state index is 0.0307. The van der Waals surface area contributed by atoms with Crippen LogP contribution in [0.5, 0.6) is 5.75 Å². The van der Waals surface area contributed by atoms with E-state index in [1.54, 1.807) is 14.1 Å². The Morgan fingerprint density at radius 3 is 2.61 bits per heavy atom. The number of pyridine rings is 1. The summed E-state index contributed by atoms with van der Waals surface area (Å²) in [5.74, 6) is -0.552. The smallest absolute Gasteiger partial charge is 0.268 e. The molecule has 96 valence electrons. The number of nitrogens with two attached hydrogens (primary N) is 1. The SMILES string of the molecule is CN(C)C(=O)c1cc(OC2CC2)cnc1C(N)=O. The standard InChI is InChI=1S/C12H15N3O3/c1-15(2)12(17)9-5-8(18-7-3-4-7)6-14-10(9)11(13)16/h5-7H,3-4H2,1-2H3,(H2,13,16). The Labute approximate surface area is 105 Å². The lowest BCUT2D eigenvalue weighted by Crippen LogP contribution is -2.26. The third-order valence-corrected chi connectivity index (χ3v) is 2.56. The van der Waals surface area contributed by atoms with E-state index < -0.39 is 5.91 Å². The monoisotopic (exact) mass is 249 g/mol. The van der Waals surface area contributed by atoms with E-state index in [0.29, 0.717) is 5.75 Å². The van der Waals surface area contributed by atoms with E-state index in [4.69, 9.17) is 10.5 Å². The topological polar surface area (TPSA) is 85.5 Å². The van der Waals surface area contributed by atoms with Crippen molar-refractivity contribution in [2.24, 2.45) is 5.73 Å². The third-order valence-electron chi connectivity index (χ3n) is 2.56. The Bertz CT molecular complexity index is 495. The van der Waals surface area contributed by atoms with E-state index in [9.17, 15) is 9.59 Å². The predicted octanol–water partition coefficient (Wildman–Crippen LogP) is 0.424. The van der Waals surface area contributed by atoms with Crippen molar-refractivity contribution < 1.29 is 14.3 Å². The zero-order valence-electron chi connectivity index (χ0n) is 10.3. The molecule has 18 heavy (non-hydrogen) atoms. The highest BCUT2D eigenvalue weighted by Gasteiger charge is 2.25. The minimum Gasteiger partial charge on any atom is -0.489 e. The molecule has 0 aromatic carbocycles. The van der Waals surface area contributed by atoms with Gasteiger partial charge in [0, 0.05) is 14.1 Å². The van der Waals surface area contributed by atoms with Gasteiger partial charge < -0.3 is 15.4 Å². The van der Waals surface area contributed by atoms with Crippen molar-refractivity contribution in [3.63, 3.8) is 0 Å². The van der Waals surface area contributed by atoms with Crippen LogP contribution in [0.2, 0.25) is 0 Å². The van der Waals surface area contributed by atoms with Gasteiger partial charge in [-0.1, -0.05) is 0 Å². The number of rotatable bonds is 4. The van der Waals surface area contributed by atoms with Crippen LogP contribution in [0.3, 0.4) is 0 Å². The lowest BCUT2D eigenvalue weighted by molar-refractivity contribution is 0.0819. The molecule has 0 unspecified atom stereocenters. The fourth-order valence-corrected chi connectivity index (χ4v) is 1.49. The van der Waals surface area contributed by atoms with Gasteiger partial charge in [0.15, 0.2) is 0 Å². The van der Waals surface area contributed by atoms with Gasteiger partial charge in [-0.05, 0) is 18.9 Å². The molecule has 1 aliphatic carbocycles. The highest BCUT2D eigenvalue weighted by molar-refractivity contribution is 6.05. The van der Waals surface area contributed by atoms with E-state index in [2.05, 4.69) is 4.98 Å². The summed E-state index contributed by atoms with van der Waals surface area (Å²) in [6.07, 6.45) is 3.64. The number of carbonyl (C=O) groups is 2. The lowest BCUT2D eigenvalue weighted by atomic mass is 10.1. The van der Waals surface area contributed by atoms with Crippen LogP contribution < -0.4 is 10.5 Å². The van der Waals surface area contributed by atoms with Gasteiger partial charge in [0.05, 0.1) is 17.9 Å². The zero-order valence-corrected chi connectivity index (χ0v) is 10.3. The van der Waals surface area contributed by atoms with Crippen molar-refractivity contribution >= 4 is 11.8 Å². The fourth-order valence-electron chi connectivity index (χ4n) is 1.49. The molecular formula is C12H15N3O3. The molecule has 0 bridgehead atoms. The number of carbonyl (C=O) groups excluding carboxylic acids is 2. The van der Waals surface area contributed by atoms with Crippen LogP contribution in [-0.2, 0) is 0 Å². The van der Waals surface area contributed by atoms with E-state index in [-0.39, 0.29) is 23.3 Å². The fraction of sp³-hybridized carbons (Fsp3) is 0.417. The molecule has 2 rings (SSSR count). The van der Waals surface area contributed by atoms with Crippen molar-refractivity contribution in [1.82, 2.24) is 9.88 Å². The Balaban J connectivity index is 2.36. The van der Waals surface area contributed by atoms with Gasteiger partial charge in [0.25, 0.3) is 11.8 Å². The third kappa shape index (κ3) is 2.58. The molecule has 1 aromatic heterocycles. The molecular weight excluding hydrogens is 234 g/mol. The van der Waals surface area contributed by atoms with E-state index >= 15 is 0 Å². The summed E-state index contributed by atoms with van der Waals surface area (Å²) < 4.78 is 5.55. The largest absolute Gasteiger partial charge is 0.489 e. The summed E-state index contributed by atoms with van der Waals surface area (Å²) in [5, 5.41) is 0. The number of nitrogens with zero attached hydrogens (tertiary/aromatic N) is 2. The van der Waals surface area contributed by atoms with Crippen LogP contribution >= 0.6 is 0 Å². The van der Waals surface area contributed by atoms with Crippen LogP contribution in [0.1, 0.15) is 33.7 Å². The maximum atomic E-state index is 11.9. The molecule has 0 aliphatic heterocycles.